The third-order valence-corrected chi connectivity index (χ3v) is 5.91. The molecule has 0 aliphatic heterocycles. The maximum atomic E-state index is 12.5. The number of carbonyl (C=O) groups excluding carboxylic acids is 2. The number of hydrogen-bond acceptors (Lipinski definition) is 6. The zero-order valence-electron chi connectivity index (χ0n) is 19.9. The number of carbonyl (C=O) groups is 2. The zero-order valence-corrected chi connectivity index (χ0v) is 21.5. The minimum Gasteiger partial charge on any atom is -0.493 e. The smallest absolute Gasteiger partial charge is 0.344 e. The SMILES string of the molecule is COc1cc(/C=N\NC(=O)COc2ccc(-c3ccccc3)cc2)ccc1OC(=O)c1ccccc1Br. The van der Waals surface area contributed by atoms with Crippen LogP contribution in [0.4, 0.5) is 0 Å². The number of nitrogens with zero attached hydrogens (tertiary/aromatic N) is 1. The fraction of sp³-hybridized carbons (Fsp3) is 0.0690. The Morgan fingerprint density at radius 3 is 2.30 bits per heavy atom. The van der Waals surface area contributed by atoms with Crippen LogP contribution in [0.5, 0.6) is 17.2 Å². The number of methoxy groups -OCH3 is 1. The second kappa shape index (κ2) is 12.5. The lowest BCUT2D eigenvalue weighted by Crippen LogP contribution is -2.24. The molecule has 0 aliphatic carbocycles. The van der Waals surface area contributed by atoms with E-state index in [2.05, 4.69) is 26.5 Å². The molecule has 0 saturated carbocycles. The number of esters is 1. The molecule has 0 atom stereocenters. The quantitative estimate of drug-likeness (QED) is 0.120. The summed E-state index contributed by atoms with van der Waals surface area (Å²) in [7, 11) is 1.47. The van der Waals surface area contributed by atoms with Crippen molar-refractivity contribution in [3.05, 3.63) is 113 Å². The van der Waals surface area contributed by atoms with E-state index in [1.165, 1.54) is 13.3 Å². The Morgan fingerprint density at radius 1 is 0.865 bits per heavy atom. The third kappa shape index (κ3) is 7.05. The van der Waals surface area contributed by atoms with Gasteiger partial charge in [0.25, 0.3) is 5.91 Å². The van der Waals surface area contributed by atoms with Gasteiger partial charge in [-0.25, -0.2) is 10.2 Å². The van der Waals surface area contributed by atoms with Crippen LogP contribution < -0.4 is 19.6 Å². The van der Waals surface area contributed by atoms with Gasteiger partial charge in [0.1, 0.15) is 5.75 Å². The predicted molar refractivity (Wildman–Crippen MR) is 145 cm³/mol. The van der Waals surface area contributed by atoms with E-state index in [-0.39, 0.29) is 12.4 Å². The van der Waals surface area contributed by atoms with Crippen LogP contribution in [-0.4, -0.2) is 31.8 Å². The minimum absolute atomic E-state index is 0.185. The summed E-state index contributed by atoms with van der Waals surface area (Å²) in [5.41, 5.74) is 5.62. The minimum atomic E-state index is -0.519. The molecule has 0 radical (unpaired) electrons. The van der Waals surface area contributed by atoms with E-state index in [0.717, 1.165) is 11.1 Å². The van der Waals surface area contributed by atoms with E-state index in [0.29, 0.717) is 27.1 Å². The van der Waals surface area contributed by atoms with Crippen molar-refractivity contribution in [2.45, 2.75) is 0 Å². The van der Waals surface area contributed by atoms with Crippen molar-refractivity contribution in [1.29, 1.82) is 0 Å². The van der Waals surface area contributed by atoms with Crippen LogP contribution in [0.2, 0.25) is 0 Å². The first-order valence-corrected chi connectivity index (χ1v) is 12.1. The maximum Gasteiger partial charge on any atom is 0.344 e. The van der Waals surface area contributed by atoms with Gasteiger partial charge in [-0.15, -0.1) is 0 Å². The van der Waals surface area contributed by atoms with Gasteiger partial charge in [-0.3, -0.25) is 4.79 Å². The molecule has 0 aromatic heterocycles. The van der Waals surface area contributed by atoms with Gasteiger partial charge < -0.3 is 14.2 Å². The standard InChI is InChI=1S/C29H23BrN2O5/c1-35-27-17-20(11-16-26(27)37-29(34)24-9-5-6-10-25(24)30)18-31-32-28(33)19-36-23-14-12-22(13-15-23)21-7-3-2-4-8-21/h2-18H,19H2,1H3,(H,32,33)/b31-18-. The number of amides is 1. The topological polar surface area (TPSA) is 86.2 Å². The van der Waals surface area contributed by atoms with Gasteiger partial charge in [0.05, 0.1) is 18.9 Å². The Bertz CT molecular complexity index is 1410. The number of rotatable bonds is 9. The molecule has 4 aromatic rings. The van der Waals surface area contributed by atoms with Gasteiger partial charge in [-0.05, 0) is 75.1 Å². The summed E-state index contributed by atoms with van der Waals surface area (Å²) in [5, 5.41) is 3.96. The van der Waals surface area contributed by atoms with Crippen LogP contribution in [0.15, 0.2) is 107 Å². The molecular formula is C29H23BrN2O5. The zero-order chi connectivity index (χ0) is 26.0. The molecule has 1 N–H and O–H groups in total. The Kier molecular flexibility index (Phi) is 8.67. The van der Waals surface area contributed by atoms with Gasteiger partial charge in [0.15, 0.2) is 18.1 Å². The number of nitrogens with one attached hydrogen (secondary N) is 1. The normalized spacial score (nSPS) is 10.6. The number of hydrogen-bond donors (Lipinski definition) is 1. The number of benzene rings is 4. The molecule has 37 heavy (non-hydrogen) atoms. The Labute approximate surface area is 222 Å². The molecule has 0 saturated heterocycles. The summed E-state index contributed by atoms with van der Waals surface area (Å²) < 4.78 is 17.0. The first-order valence-electron chi connectivity index (χ1n) is 11.3. The van der Waals surface area contributed by atoms with E-state index < -0.39 is 11.9 Å². The molecule has 186 valence electrons. The summed E-state index contributed by atoms with van der Waals surface area (Å²) in [6.45, 7) is -0.185. The van der Waals surface area contributed by atoms with Crippen molar-refractivity contribution < 1.29 is 23.8 Å². The summed E-state index contributed by atoms with van der Waals surface area (Å²) in [6, 6.07) is 29.4. The van der Waals surface area contributed by atoms with Crippen LogP contribution in [0.1, 0.15) is 15.9 Å². The maximum absolute atomic E-state index is 12.5. The second-order valence-electron chi connectivity index (χ2n) is 7.75. The lowest BCUT2D eigenvalue weighted by molar-refractivity contribution is -0.123. The summed E-state index contributed by atoms with van der Waals surface area (Å²) in [5.74, 6) is 0.258. The van der Waals surface area contributed by atoms with Crippen LogP contribution in [-0.2, 0) is 4.79 Å². The lowest BCUT2D eigenvalue weighted by atomic mass is 10.1. The van der Waals surface area contributed by atoms with Gasteiger partial charge in [0, 0.05) is 4.47 Å². The van der Waals surface area contributed by atoms with Gasteiger partial charge in [-0.2, -0.15) is 5.10 Å². The van der Waals surface area contributed by atoms with Crippen molar-refractivity contribution in [3.8, 4) is 28.4 Å². The van der Waals surface area contributed by atoms with Gasteiger partial charge in [0.2, 0.25) is 0 Å². The monoisotopic (exact) mass is 558 g/mol. The molecule has 7 nitrogen and oxygen atoms in total. The second-order valence-corrected chi connectivity index (χ2v) is 8.61. The number of hydrazone groups is 1. The third-order valence-electron chi connectivity index (χ3n) is 5.22. The fourth-order valence-electron chi connectivity index (χ4n) is 3.36. The largest absolute Gasteiger partial charge is 0.493 e. The molecule has 8 heteroatoms. The molecule has 4 rings (SSSR count). The van der Waals surface area contributed by atoms with Crippen LogP contribution >= 0.6 is 15.9 Å². The van der Waals surface area contributed by atoms with Crippen molar-refractivity contribution in [3.63, 3.8) is 0 Å². The van der Waals surface area contributed by atoms with E-state index in [9.17, 15) is 9.59 Å². The lowest BCUT2D eigenvalue weighted by Gasteiger charge is -2.10. The summed E-state index contributed by atoms with van der Waals surface area (Å²) in [4.78, 5) is 24.6. The van der Waals surface area contributed by atoms with Crippen molar-refractivity contribution >= 4 is 34.0 Å². The molecule has 0 aliphatic rings. The average Bonchev–Trinajstić information content (AvgIpc) is 2.93. The van der Waals surface area contributed by atoms with Gasteiger partial charge >= 0.3 is 5.97 Å². The molecular weight excluding hydrogens is 536 g/mol. The molecule has 0 spiro atoms. The summed E-state index contributed by atoms with van der Waals surface area (Å²) >= 11 is 3.34. The van der Waals surface area contributed by atoms with Crippen molar-refractivity contribution in [1.82, 2.24) is 5.43 Å². The highest BCUT2D eigenvalue weighted by molar-refractivity contribution is 9.10. The molecule has 0 fully saturated rings. The van der Waals surface area contributed by atoms with Crippen LogP contribution in [0.25, 0.3) is 11.1 Å². The highest BCUT2D eigenvalue weighted by Gasteiger charge is 2.15. The molecule has 0 heterocycles. The van der Waals surface area contributed by atoms with Crippen molar-refractivity contribution in [2.24, 2.45) is 5.10 Å². The molecule has 1 amide bonds. The summed E-state index contributed by atoms with van der Waals surface area (Å²) in [6.07, 6.45) is 1.45. The molecule has 4 aromatic carbocycles. The number of halogens is 1. The predicted octanol–water partition coefficient (Wildman–Crippen LogP) is 5.87. The van der Waals surface area contributed by atoms with Crippen LogP contribution in [0, 0.1) is 0 Å². The van der Waals surface area contributed by atoms with E-state index in [4.69, 9.17) is 14.2 Å². The highest BCUT2D eigenvalue weighted by Crippen LogP contribution is 2.29. The van der Waals surface area contributed by atoms with Crippen molar-refractivity contribution in [2.75, 3.05) is 13.7 Å². The molecule has 0 bridgehead atoms. The Balaban J connectivity index is 1.29. The Hall–Kier alpha value is -4.43. The van der Waals surface area contributed by atoms with E-state index >= 15 is 0 Å². The van der Waals surface area contributed by atoms with E-state index in [1.54, 1.807) is 36.4 Å². The highest BCUT2D eigenvalue weighted by atomic mass is 79.9. The van der Waals surface area contributed by atoms with E-state index in [1.807, 2.05) is 60.7 Å². The molecule has 0 unspecified atom stereocenters. The van der Waals surface area contributed by atoms with Gasteiger partial charge in [-0.1, -0.05) is 54.6 Å². The first-order chi connectivity index (χ1) is 18.0. The number of ether oxygens (including phenoxy) is 3. The fourth-order valence-corrected chi connectivity index (χ4v) is 3.81. The first kappa shape index (κ1) is 25.7. The Morgan fingerprint density at radius 2 is 1.57 bits per heavy atom. The van der Waals surface area contributed by atoms with Crippen LogP contribution in [0.3, 0.4) is 0 Å². The average molecular weight is 559 g/mol.